The summed E-state index contributed by atoms with van der Waals surface area (Å²) in [6.07, 6.45) is 2.18. The van der Waals surface area contributed by atoms with Crippen LogP contribution in [0.3, 0.4) is 0 Å². The van der Waals surface area contributed by atoms with E-state index in [0.717, 1.165) is 37.0 Å². The van der Waals surface area contributed by atoms with E-state index in [-0.39, 0.29) is 0 Å². The second-order valence-electron chi connectivity index (χ2n) is 4.83. The fourth-order valence-electron chi connectivity index (χ4n) is 1.98. The first-order valence-electron chi connectivity index (χ1n) is 6.47. The van der Waals surface area contributed by atoms with Crippen molar-refractivity contribution in [2.75, 3.05) is 6.54 Å². The van der Waals surface area contributed by atoms with Gasteiger partial charge in [-0.05, 0) is 44.0 Å². The molecular weight excluding hydrogens is 226 g/mol. The lowest BCUT2D eigenvalue weighted by atomic mass is 10.2. The number of oxazole rings is 1. The second-order valence-corrected chi connectivity index (χ2v) is 4.83. The lowest BCUT2D eigenvalue weighted by molar-refractivity contribution is 0.559. The first-order chi connectivity index (χ1) is 8.65. The molecule has 4 nitrogen and oxygen atoms in total. The Morgan fingerprint density at radius 1 is 1.44 bits per heavy atom. The van der Waals surface area contributed by atoms with Gasteiger partial charge in [0, 0.05) is 19.5 Å². The number of hydrogen-bond donors (Lipinski definition) is 2. The summed E-state index contributed by atoms with van der Waals surface area (Å²) in [6.45, 7) is 5.76. The van der Waals surface area contributed by atoms with Gasteiger partial charge in [-0.2, -0.15) is 0 Å². The Balaban J connectivity index is 1.84. The highest BCUT2D eigenvalue weighted by molar-refractivity contribution is 5.73. The van der Waals surface area contributed by atoms with Crippen LogP contribution in [0.15, 0.2) is 22.6 Å². The highest BCUT2D eigenvalue weighted by atomic mass is 16.3. The molecule has 2 aromatic rings. The molecule has 0 fully saturated rings. The average molecular weight is 247 g/mol. The molecule has 1 unspecified atom stereocenters. The normalized spacial score (nSPS) is 13.1. The maximum absolute atomic E-state index is 5.70. The van der Waals surface area contributed by atoms with Crippen LogP contribution in [-0.2, 0) is 6.54 Å². The molecule has 0 aliphatic rings. The van der Waals surface area contributed by atoms with Crippen LogP contribution in [-0.4, -0.2) is 17.6 Å². The molecule has 1 atom stereocenters. The van der Waals surface area contributed by atoms with Crippen molar-refractivity contribution in [2.24, 2.45) is 5.73 Å². The number of benzene rings is 1. The smallest absolute Gasteiger partial charge is 0.192 e. The Hall–Kier alpha value is -1.39. The zero-order valence-electron chi connectivity index (χ0n) is 11.1. The predicted octanol–water partition coefficient (Wildman–Crippen LogP) is 2.35. The van der Waals surface area contributed by atoms with E-state index in [1.165, 1.54) is 5.56 Å². The molecule has 4 heteroatoms. The molecule has 0 radical (unpaired) electrons. The summed E-state index contributed by atoms with van der Waals surface area (Å²) < 4.78 is 5.51. The zero-order valence-corrected chi connectivity index (χ0v) is 11.1. The van der Waals surface area contributed by atoms with Crippen molar-refractivity contribution in [1.29, 1.82) is 0 Å². The van der Waals surface area contributed by atoms with Crippen LogP contribution in [0.25, 0.3) is 11.1 Å². The average Bonchev–Trinajstić information content (AvgIpc) is 2.67. The van der Waals surface area contributed by atoms with Gasteiger partial charge < -0.3 is 15.5 Å². The maximum atomic E-state index is 5.70. The van der Waals surface area contributed by atoms with Gasteiger partial charge in [0.1, 0.15) is 5.52 Å². The molecule has 2 rings (SSSR count). The van der Waals surface area contributed by atoms with Gasteiger partial charge in [-0.15, -0.1) is 0 Å². The first-order valence-corrected chi connectivity index (χ1v) is 6.47. The molecule has 0 spiro atoms. The van der Waals surface area contributed by atoms with Gasteiger partial charge in [-0.1, -0.05) is 6.07 Å². The third-order valence-electron chi connectivity index (χ3n) is 2.90. The SMILES string of the molecule is Cc1nc2ccc(CNCCCC(C)N)cc2o1. The molecule has 1 aromatic carbocycles. The summed E-state index contributed by atoms with van der Waals surface area (Å²) in [5, 5.41) is 3.41. The molecule has 0 aliphatic carbocycles. The number of hydrogen-bond acceptors (Lipinski definition) is 4. The molecule has 0 saturated carbocycles. The minimum atomic E-state index is 0.292. The van der Waals surface area contributed by atoms with Crippen molar-refractivity contribution in [2.45, 2.75) is 39.3 Å². The Morgan fingerprint density at radius 3 is 3.06 bits per heavy atom. The molecule has 0 amide bonds. The number of fused-ring (bicyclic) bond motifs is 1. The van der Waals surface area contributed by atoms with E-state index < -0.39 is 0 Å². The fraction of sp³-hybridized carbons (Fsp3) is 0.500. The van der Waals surface area contributed by atoms with Gasteiger partial charge >= 0.3 is 0 Å². The van der Waals surface area contributed by atoms with Crippen molar-refractivity contribution in [3.05, 3.63) is 29.7 Å². The summed E-state index contributed by atoms with van der Waals surface area (Å²) in [4.78, 5) is 4.28. The minimum Gasteiger partial charge on any atom is -0.441 e. The molecule has 18 heavy (non-hydrogen) atoms. The first kappa shape index (κ1) is 13.1. The van der Waals surface area contributed by atoms with Gasteiger partial charge in [0.05, 0.1) is 0 Å². The van der Waals surface area contributed by atoms with Crippen molar-refractivity contribution in [3.63, 3.8) is 0 Å². The van der Waals surface area contributed by atoms with Crippen molar-refractivity contribution in [1.82, 2.24) is 10.3 Å². The van der Waals surface area contributed by atoms with E-state index in [1.54, 1.807) is 0 Å². The van der Waals surface area contributed by atoms with Gasteiger partial charge in [-0.3, -0.25) is 0 Å². The topological polar surface area (TPSA) is 64.1 Å². The minimum absolute atomic E-state index is 0.292. The van der Waals surface area contributed by atoms with Crippen molar-refractivity contribution < 1.29 is 4.42 Å². The highest BCUT2D eigenvalue weighted by Gasteiger charge is 2.02. The predicted molar refractivity (Wildman–Crippen MR) is 73.3 cm³/mol. The zero-order chi connectivity index (χ0) is 13.0. The maximum Gasteiger partial charge on any atom is 0.192 e. The molecule has 0 aliphatic heterocycles. The van der Waals surface area contributed by atoms with Crippen molar-refractivity contribution in [3.8, 4) is 0 Å². The Kier molecular flexibility index (Phi) is 4.33. The summed E-state index contributed by atoms with van der Waals surface area (Å²) >= 11 is 0. The third kappa shape index (κ3) is 3.55. The molecule has 0 saturated heterocycles. The number of nitrogens with two attached hydrogens (primary N) is 1. The van der Waals surface area contributed by atoms with Crippen LogP contribution in [0.2, 0.25) is 0 Å². The van der Waals surface area contributed by atoms with Crippen molar-refractivity contribution >= 4 is 11.1 Å². The molecular formula is C14H21N3O. The van der Waals surface area contributed by atoms with Crippen LogP contribution in [0.1, 0.15) is 31.2 Å². The highest BCUT2D eigenvalue weighted by Crippen LogP contribution is 2.16. The van der Waals surface area contributed by atoms with Crippen LogP contribution < -0.4 is 11.1 Å². The quantitative estimate of drug-likeness (QED) is 0.769. The lowest BCUT2D eigenvalue weighted by Crippen LogP contribution is -2.19. The van der Waals surface area contributed by atoms with Crippen LogP contribution in [0.5, 0.6) is 0 Å². The van der Waals surface area contributed by atoms with Crippen LogP contribution >= 0.6 is 0 Å². The molecule has 1 aromatic heterocycles. The van der Waals surface area contributed by atoms with E-state index in [1.807, 2.05) is 26.0 Å². The van der Waals surface area contributed by atoms with Crippen LogP contribution in [0.4, 0.5) is 0 Å². The van der Waals surface area contributed by atoms with E-state index in [0.29, 0.717) is 11.9 Å². The Bertz CT molecular complexity index is 505. The Morgan fingerprint density at radius 2 is 2.28 bits per heavy atom. The molecule has 1 heterocycles. The van der Waals surface area contributed by atoms with Gasteiger partial charge in [-0.25, -0.2) is 4.98 Å². The summed E-state index contributed by atoms with van der Waals surface area (Å²) in [6, 6.07) is 6.43. The lowest BCUT2D eigenvalue weighted by Gasteiger charge is -2.06. The number of nitrogens with one attached hydrogen (secondary N) is 1. The number of rotatable bonds is 6. The number of aromatic nitrogens is 1. The van der Waals surface area contributed by atoms with E-state index in [4.69, 9.17) is 10.2 Å². The second kappa shape index (κ2) is 5.98. The molecule has 98 valence electrons. The molecule has 0 bridgehead atoms. The summed E-state index contributed by atoms with van der Waals surface area (Å²) in [7, 11) is 0. The van der Waals surface area contributed by atoms with E-state index in [9.17, 15) is 0 Å². The van der Waals surface area contributed by atoms with Crippen LogP contribution in [0, 0.1) is 6.92 Å². The van der Waals surface area contributed by atoms with Gasteiger partial charge in [0.15, 0.2) is 11.5 Å². The number of nitrogens with zero attached hydrogens (tertiary/aromatic N) is 1. The summed E-state index contributed by atoms with van der Waals surface area (Å²) in [5.41, 5.74) is 8.71. The van der Waals surface area contributed by atoms with Gasteiger partial charge in [0.25, 0.3) is 0 Å². The standard InChI is InChI=1S/C14H21N3O/c1-10(15)4-3-7-16-9-12-5-6-13-14(8-12)18-11(2)17-13/h5-6,8,10,16H,3-4,7,9,15H2,1-2H3. The fourth-order valence-corrected chi connectivity index (χ4v) is 1.98. The molecule has 3 N–H and O–H groups in total. The van der Waals surface area contributed by atoms with E-state index >= 15 is 0 Å². The third-order valence-corrected chi connectivity index (χ3v) is 2.90. The van der Waals surface area contributed by atoms with E-state index in [2.05, 4.69) is 16.4 Å². The van der Waals surface area contributed by atoms with Gasteiger partial charge in [0.2, 0.25) is 0 Å². The summed E-state index contributed by atoms with van der Waals surface area (Å²) in [5.74, 6) is 0.715. The largest absolute Gasteiger partial charge is 0.441 e. The Labute approximate surface area is 108 Å². The number of aryl methyl sites for hydroxylation is 1. The monoisotopic (exact) mass is 247 g/mol.